The van der Waals surface area contributed by atoms with Crippen LogP contribution in [-0.2, 0) is 0 Å². The Morgan fingerprint density at radius 3 is 2.68 bits per heavy atom. The highest BCUT2D eigenvalue weighted by molar-refractivity contribution is 4.91. The minimum Gasteiger partial charge on any atom is -0.316 e. The zero-order chi connectivity index (χ0) is 13.7. The van der Waals surface area contributed by atoms with Gasteiger partial charge in [-0.05, 0) is 57.0 Å². The average Bonchev–Trinajstić information content (AvgIpc) is 2.39. The van der Waals surface area contributed by atoms with Crippen molar-refractivity contribution in [3.8, 4) is 0 Å². The molecule has 0 aromatic carbocycles. The van der Waals surface area contributed by atoms with Crippen LogP contribution in [0.4, 0.5) is 0 Å². The topological polar surface area (TPSA) is 15.3 Å². The summed E-state index contributed by atoms with van der Waals surface area (Å²) in [5.41, 5.74) is 0.555. The molecule has 0 spiro atoms. The van der Waals surface area contributed by atoms with Crippen LogP contribution in [0.2, 0.25) is 0 Å². The molecule has 19 heavy (non-hydrogen) atoms. The molecular formula is C17H34N2. The van der Waals surface area contributed by atoms with Gasteiger partial charge in [-0.25, -0.2) is 0 Å². The Hall–Kier alpha value is -0.0800. The SMILES string of the molecule is CCNCC1(CN2CCCCC2C)CCCC(C)C1. The molecule has 3 unspecified atom stereocenters. The molecule has 1 saturated heterocycles. The quantitative estimate of drug-likeness (QED) is 0.817. The van der Waals surface area contributed by atoms with Gasteiger partial charge < -0.3 is 10.2 Å². The maximum absolute atomic E-state index is 3.66. The number of likely N-dealkylation sites (tertiary alicyclic amines) is 1. The summed E-state index contributed by atoms with van der Waals surface area (Å²) in [4.78, 5) is 2.79. The largest absolute Gasteiger partial charge is 0.316 e. The molecule has 1 aliphatic carbocycles. The van der Waals surface area contributed by atoms with Crippen molar-refractivity contribution in [1.29, 1.82) is 0 Å². The van der Waals surface area contributed by atoms with Gasteiger partial charge in [0.2, 0.25) is 0 Å². The first kappa shape index (κ1) is 15.3. The standard InChI is InChI=1S/C17H34N2/c1-4-18-13-17(10-7-8-15(2)12-17)14-19-11-6-5-9-16(19)3/h15-16,18H,4-14H2,1-3H3. The van der Waals surface area contributed by atoms with Crippen LogP contribution in [0.15, 0.2) is 0 Å². The van der Waals surface area contributed by atoms with E-state index in [-0.39, 0.29) is 0 Å². The van der Waals surface area contributed by atoms with Crippen LogP contribution in [0.3, 0.4) is 0 Å². The van der Waals surface area contributed by atoms with Crippen molar-refractivity contribution in [2.75, 3.05) is 26.2 Å². The number of rotatable bonds is 5. The Morgan fingerprint density at radius 1 is 1.16 bits per heavy atom. The van der Waals surface area contributed by atoms with Crippen LogP contribution in [0, 0.1) is 11.3 Å². The van der Waals surface area contributed by atoms with Gasteiger partial charge in [-0.15, -0.1) is 0 Å². The number of nitrogens with one attached hydrogen (secondary N) is 1. The van der Waals surface area contributed by atoms with Crippen LogP contribution in [0.1, 0.15) is 65.7 Å². The number of hydrogen-bond donors (Lipinski definition) is 1. The maximum atomic E-state index is 3.66. The summed E-state index contributed by atoms with van der Waals surface area (Å²) in [6.45, 7) is 12.2. The Morgan fingerprint density at radius 2 is 2.00 bits per heavy atom. The lowest BCUT2D eigenvalue weighted by atomic mass is 9.69. The molecule has 0 radical (unpaired) electrons. The molecule has 0 bridgehead atoms. The summed E-state index contributed by atoms with van der Waals surface area (Å²) in [5.74, 6) is 0.924. The van der Waals surface area contributed by atoms with Crippen molar-refractivity contribution < 1.29 is 0 Å². The third-order valence-corrected chi connectivity index (χ3v) is 5.41. The third-order valence-electron chi connectivity index (χ3n) is 5.41. The minimum atomic E-state index is 0.555. The van der Waals surface area contributed by atoms with Crippen LogP contribution >= 0.6 is 0 Å². The van der Waals surface area contributed by atoms with Gasteiger partial charge in [-0.3, -0.25) is 0 Å². The van der Waals surface area contributed by atoms with Crippen LogP contribution in [0.25, 0.3) is 0 Å². The highest BCUT2D eigenvalue weighted by atomic mass is 15.2. The molecule has 2 rings (SSSR count). The zero-order valence-corrected chi connectivity index (χ0v) is 13.4. The molecule has 2 fully saturated rings. The van der Waals surface area contributed by atoms with Crippen molar-refractivity contribution in [2.45, 2.75) is 71.8 Å². The second-order valence-electron chi connectivity index (χ2n) is 7.30. The van der Waals surface area contributed by atoms with E-state index in [4.69, 9.17) is 0 Å². The fourth-order valence-electron chi connectivity index (χ4n) is 4.34. The molecule has 1 N–H and O–H groups in total. The van der Waals surface area contributed by atoms with E-state index < -0.39 is 0 Å². The van der Waals surface area contributed by atoms with E-state index in [9.17, 15) is 0 Å². The first-order valence-corrected chi connectivity index (χ1v) is 8.60. The smallest absolute Gasteiger partial charge is 0.00671 e. The van der Waals surface area contributed by atoms with E-state index in [0.29, 0.717) is 5.41 Å². The Balaban J connectivity index is 1.99. The zero-order valence-electron chi connectivity index (χ0n) is 13.4. The first-order chi connectivity index (χ1) is 9.15. The van der Waals surface area contributed by atoms with E-state index in [2.05, 4.69) is 31.0 Å². The van der Waals surface area contributed by atoms with Crippen molar-refractivity contribution in [2.24, 2.45) is 11.3 Å². The van der Waals surface area contributed by atoms with E-state index in [1.54, 1.807) is 0 Å². The van der Waals surface area contributed by atoms with Gasteiger partial charge in [-0.2, -0.15) is 0 Å². The van der Waals surface area contributed by atoms with E-state index >= 15 is 0 Å². The van der Waals surface area contributed by atoms with Crippen molar-refractivity contribution in [1.82, 2.24) is 10.2 Å². The van der Waals surface area contributed by atoms with E-state index in [1.807, 2.05) is 0 Å². The van der Waals surface area contributed by atoms with Gasteiger partial charge in [0.15, 0.2) is 0 Å². The molecule has 1 heterocycles. The fraction of sp³-hybridized carbons (Fsp3) is 1.00. The average molecular weight is 266 g/mol. The molecule has 2 nitrogen and oxygen atoms in total. The fourth-order valence-corrected chi connectivity index (χ4v) is 4.34. The van der Waals surface area contributed by atoms with Crippen molar-refractivity contribution in [3.05, 3.63) is 0 Å². The number of hydrogen-bond acceptors (Lipinski definition) is 2. The Kier molecular flexibility index (Phi) is 5.70. The highest BCUT2D eigenvalue weighted by Crippen LogP contribution is 2.40. The van der Waals surface area contributed by atoms with Crippen LogP contribution in [-0.4, -0.2) is 37.1 Å². The van der Waals surface area contributed by atoms with Gasteiger partial charge in [0.25, 0.3) is 0 Å². The number of nitrogens with zero attached hydrogens (tertiary/aromatic N) is 1. The summed E-state index contributed by atoms with van der Waals surface area (Å²) >= 11 is 0. The predicted molar refractivity (Wildman–Crippen MR) is 83.5 cm³/mol. The molecule has 112 valence electrons. The molecule has 1 saturated carbocycles. The molecule has 3 atom stereocenters. The lowest BCUT2D eigenvalue weighted by Gasteiger charge is -2.46. The summed E-state index contributed by atoms with van der Waals surface area (Å²) in [5, 5.41) is 3.66. The predicted octanol–water partition coefficient (Wildman–Crippen LogP) is 3.67. The second-order valence-corrected chi connectivity index (χ2v) is 7.30. The molecule has 0 amide bonds. The van der Waals surface area contributed by atoms with E-state index in [0.717, 1.165) is 18.5 Å². The summed E-state index contributed by atoms with van der Waals surface area (Å²) in [6, 6.07) is 0.810. The summed E-state index contributed by atoms with van der Waals surface area (Å²) in [6.07, 6.45) is 10.0. The maximum Gasteiger partial charge on any atom is 0.00671 e. The normalized spacial score (nSPS) is 37.4. The van der Waals surface area contributed by atoms with Gasteiger partial charge in [0.1, 0.15) is 0 Å². The van der Waals surface area contributed by atoms with E-state index in [1.165, 1.54) is 64.6 Å². The Bertz CT molecular complexity index is 266. The van der Waals surface area contributed by atoms with Gasteiger partial charge in [-0.1, -0.05) is 33.1 Å². The molecule has 2 aliphatic rings. The molecule has 2 heteroatoms. The van der Waals surface area contributed by atoms with Gasteiger partial charge in [0, 0.05) is 19.1 Å². The Labute approximate surface area is 120 Å². The van der Waals surface area contributed by atoms with Crippen molar-refractivity contribution >= 4 is 0 Å². The van der Waals surface area contributed by atoms with Crippen molar-refractivity contribution in [3.63, 3.8) is 0 Å². The lowest BCUT2D eigenvalue weighted by molar-refractivity contribution is 0.0469. The second kappa shape index (κ2) is 7.08. The number of piperidine rings is 1. The molecular weight excluding hydrogens is 232 g/mol. The van der Waals surface area contributed by atoms with Gasteiger partial charge >= 0.3 is 0 Å². The molecule has 0 aromatic rings. The highest BCUT2D eigenvalue weighted by Gasteiger charge is 2.37. The third kappa shape index (κ3) is 4.19. The monoisotopic (exact) mass is 266 g/mol. The first-order valence-electron chi connectivity index (χ1n) is 8.60. The lowest BCUT2D eigenvalue weighted by Crippen LogP contribution is -2.50. The summed E-state index contributed by atoms with van der Waals surface area (Å²) < 4.78 is 0. The minimum absolute atomic E-state index is 0.555. The molecule has 1 aliphatic heterocycles. The summed E-state index contributed by atoms with van der Waals surface area (Å²) in [7, 11) is 0. The van der Waals surface area contributed by atoms with Crippen LogP contribution in [0.5, 0.6) is 0 Å². The molecule has 0 aromatic heterocycles. The van der Waals surface area contributed by atoms with Crippen LogP contribution < -0.4 is 5.32 Å². The van der Waals surface area contributed by atoms with Gasteiger partial charge in [0.05, 0.1) is 0 Å².